The minimum absolute atomic E-state index is 0.400. The summed E-state index contributed by atoms with van der Waals surface area (Å²) in [5, 5.41) is 11.9. The molecule has 0 radical (unpaired) electrons. The lowest BCUT2D eigenvalue weighted by Gasteiger charge is -2.00. The Kier molecular flexibility index (Phi) is 3.89. The summed E-state index contributed by atoms with van der Waals surface area (Å²) >= 11 is 11.3. The van der Waals surface area contributed by atoms with Gasteiger partial charge in [0.15, 0.2) is 5.82 Å². The van der Waals surface area contributed by atoms with E-state index in [0.717, 1.165) is 11.1 Å². The molecule has 0 bridgehead atoms. The number of H-pyrrole nitrogens is 1. The highest BCUT2D eigenvalue weighted by Crippen LogP contribution is 2.16. The second-order valence-corrected chi connectivity index (χ2v) is 4.97. The van der Waals surface area contributed by atoms with Crippen LogP contribution < -0.4 is 0 Å². The molecule has 1 aromatic carbocycles. The second kappa shape index (κ2) is 5.99. The summed E-state index contributed by atoms with van der Waals surface area (Å²) in [5.41, 5.74) is 1.63. The second-order valence-electron chi connectivity index (χ2n) is 4.17. The number of aromatic amines is 1. The maximum Gasteiger partial charge on any atom is 0.216 e. The van der Waals surface area contributed by atoms with Crippen molar-refractivity contribution in [2.75, 3.05) is 0 Å². The lowest BCUT2D eigenvalue weighted by atomic mass is 10.2. The van der Waals surface area contributed by atoms with E-state index in [0.29, 0.717) is 15.6 Å². The minimum atomic E-state index is 0.400. The molecule has 0 aliphatic heterocycles. The molecule has 0 atom stereocenters. The normalized spacial score (nSPS) is 11.1. The van der Waals surface area contributed by atoms with Crippen molar-refractivity contribution in [2.24, 2.45) is 5.10 Å². The van der Waals surface area contributed by atoms with Gasteiger partial charge in [0, 0.05) is 28.5 Å². The Balaban J connectivity index is 2.02. The molecule has 2 aromatic heterocycles. The van der Waals surface area contributed by atoms with Crippen LogP contribution in [0.2, 0.25) is 5.02 Å². The van der Waals surface area contributed by atoms with Crippen LogP contribution in [0, 0.1) is 4.77 Å². The number of pyridine rings is 1. The zero-order chi connectivity index (χ0) is 14.7. The molecule has 0 fully saturated rings. The monoisotopic (exact) mass is 315 g/mol. The van der Waals surface area contributed by atoms with Gasteiger partial charge in [-0.3, -0.25) is 4.98 Å². The van der Waals surface area contributed by atoms with E-state index in [1.165, 1.54) is 4.68 Å². The molecule has 0 aliphatic carbocycles. The van der Waals surface area contributed by atoms with Crippen molar-refractivity contribution in [3.63, 3.8) is 0 Å². The molecular formula is C14H10ClN5S. The van der Waals surface area contributed by atoms with E-state index in [9.17, 15) is 0 Å². The molecule has 0 aliphatic rings. The smallest absolute Gasteiger partial charge is 0.216 e. The summed E-state index contributed by atoms with van der Waals surface area (Å²) < 4.78 is 1.94. The Bertz CT molecular complexity index is 838. The third-order valence-corrected chi connectivity index (χ3v) is 3.40. The Morgan fingerprint density at radius 2 is 2.10 bits per heavy atom. The molecule has 0 amide bonds. The average molecular weight is 316 g/mol. The van der Waals surface area contributed by atoms with Gasteiger partial charge in [-0.1, -0.05) is 29.8 Å². The highest BCUT2D eigenvalue weighted by atomic mass is 35.5. The fourth-order valence-electron chi connectivity index (χ4n) is 1.78. The number of nitrogens with zero attached hydrogens (tertiary/aromatic N) is 4. The van der Waals surface area contributed by atoms with Gasteiger partial charge in [0.2, 0.25) is 4.77 Å². The summed E-state index contributed by atoms with van der Waals surface area (Å²) in [5.74, 6) is 0.594. The van der Waals surface area contributed by atoms with Crippen molar-refractivity contribution in [1.82, 2.24) is 19.9 Å². The SMILES string of the molecule is S=c1[nH]nc(-c2cccnc2)n1/N=C\c1ccccc1Cl. The van der Waals surface area contributed by atoms with Crippen LogP contribution >= 0.6 is 23.8 Å². The first kappa shape index (κ1) is 13.7. The van der Waals surface area contributed by atoms with Crippen molar-refractivity contribution >= 4 is 30.0 Å². The third-order valence-electron chi connectivity index (χ3n) is 2.79. The molecule has 1 N–H and O–H groups in total. The molecule has 7 heteroatoms. The van der Waals surface area contributed by atoms with Crippen LogP contribution in [0.15, 0.2) is 53.9 Å². The Morgan fingerprint density at radius 3 is 2.86 bits per heavy atom. The number of aromatic nitrogens is 4. The van der Waals surface area contributed by atoms with Crippen LogP contribution in [-0.4, -0.2) is 26.1 Å². The number of halogens is 1. The van der Waals surface area contributed by atoms with Gasteiger partial charge in [-0.15, -0.1) is 0 Å². The topological polar surface area (TPSA) is 58.9 Å². The van der Waals surface area contributed by atoms with Crippen molar-refractivity contribution in [3.8, 4) is 11.4 Å². The standard InChI is InChI=1S/C14H10ClN5S/c15-12-6-2-1-4-10(12)9-17-20-13(18-19-14(20)21)11-5-3-7-16-8-11/h1-9H,(H,19,21)/b17-9-. The largest absolute Gasteiger partial charge is 0.264 e. The van der Waals surface area contributed by atoms with E-state index >= 15 is 0 Å². The molecule has 3 rings (SSSR count). The molecule has 0 saturated heterocycles. The fourth-order valence-corrected chi connectivity index (χ4v) is 2.14. The fraction of sp³-hybridized carbons (Fsp3) is 0. The van der Waals surface area contributed by atoms with Gasteiger partial charge in [-0.2, -0.15) is 14.9 Å². The lowest BCUT2D eigenvalue weighted by Crippen LogP contribution is -1.95. The van der Waals surface area contributed by atoms with E-state index in [1.54, 1.807) is 24.7 Å². The van der Waals surface area contributed by atoms with Gasteiger partial charge in [0.05, 0.1) is 6.21 Å². The summed E-state index contributed by atoms with van der Waals surface area (Å²) in [7, 11) is 0. The third kappa shape index (κ3) is 2.91. The van der Waals surface area contributed by atoms with Crippen LogP contribution in [0.25, 0.3) is 11.4 Å². The van der Waals surface area contributed by atoms with Crippen molar-refractivity contribution in [1.29, 1.82) is 0 Å². The molecule has 21 heavy (non-hydrogen) atoms. The Hall–Kier alpha value is -2.31. The number of rotatable bonds is 3. The van der Waals surface area contributed by atoms with E-state index < -0.39 is 0 Å². The summed E-state index contributed by atoms with van der Waals surface area (Å²) in [6.07, 6.45) is 5.04. The zero-order valence-corrected chi connectivity index (χ0v) is 12.3. The highest BCUT2D eigenvalue weighted by molar-refractivity contribution is 7.71. The van der Waals surface area contributed by atoms with Gasteiger partial charge in [-0.25, -0.2) is 5.10 Å². The number of hydrogen-bond donors (Lipinski definition) is 1. The number of nitrogens with one attached hydrogen (secondary N) is 1. The first-order valence-electron chi connectivity index (χ1n) is 6.12. The molecule has 0 saturated carbocycles. The highest BCUT2D eigenvalue weighted by Gasteiger charge is 2.07. The molecule has 5 nitrogen and oxygen atoms in total. The maximum atomic E-state index is 6.10. The summed E-state index contributed by atoms with van der Waals surface area (Å²) in [4.78, 5) is 4.07. The number of hydrogen-bond acceptors (Lipinski definition) is 4. The van der Waals surface area contributed by atoms with Gasteiger partial charge in [-0.05, 0) is 30.4 Å². The zero-order valence-electron chi connectivity index (χ0n) is 10.8. The van der Waals surface area contributed by atoms with Crippen LogP contribution in [0.1, 0.15) is 5.56 Å². The predicted octanol–water partition coefficient (Wildman–Crippen LogP) is 3.54. The minimum Gasteiger partial charge on any atom is -0.264 e. The van der Waals surface area contributed by atoms with E-state index in [1.807, 2.05) is 30.3 Å². The predicted molar refractivity (Wildman–Crippen MR) is 85.1 cm³/mol. The molecular weight excluding hydrogens is 306 g/mol. The van der Waals surface area contributed by atoms with E-state index in [-0.39, 0.29) is 0 Å². The Labute approximate surface area is 130 Å². The quantitative estimate of drug-likeness (QED) is 0.594. The molecule has 3 aromatic rings. The first-order chi connectivity index (χ1) is 10.3. The van der Waals surface area contributed by atoms with Crippen molar-refractivity contribution in [3.05, 3.63) is 64.1 Å². The molecule has 104 valence electrons. The van der Waals surface area contributed by atoms with Crippen LogP contribution in [0.4, 0.5) is 0 Å². The van der Waals surface area contributed by atoms with Gasteiger partial charge in [0.1, 0.15) is 0 Å². The van der Waals surface area contributed by atoms with Crippen molar-refractivity contribution < 1.29 is 0 Å². The first-order valence-corrected chi connectivity index (χ1v) is 6.91. The Morgan fingerprint density at radius 1 is 1.24 bits per heavy atom. The molecule has 0 unspecified atom stereocenters. The van der Waals surface area contributed by atoms with E-state index in [4.69, 9.17) is 23.8 Å². The van der Waals surface area contributed by atoms with Gasteiger partial charge in [0.25, 0.3) is 0 Å². The number of benzene rings is 1. The molecule has 0 spiro atoms. The maximum absolute atomic E-state index is 6.10. The van der Waals surface area contributed by atoms with Crippen LogP contribution in [0.3, 0.4) is 0 Å². The van der Waals surface area contributed by atoms with Gasteiger partial charge >= 0.3 is 0 Å². The average Bonchev–Trinajstić information content (AvgIpc) is 2.88. The van der Waals surface area contributed by atoms with Crippen molar-refractivity contribution in [2.45, 2.75) is 0 Å². The lowest BCUT2D eigenvalue weighted by molar-refractivity contribution is 0.871. The molecule has 2 heterocycles. The summed E-state index contributed by atoms with van der Waals surface area (Å²) in [6, 6.07) is 11.2. The van der Waals surface area contributed by atoms with E-state index in [2.05, 4.69) is 20.3 Å². The van der Waals surface area contributed by atoms with Crippen LogP contribution in [-0.2, 0) is 0 Å². The van der Waals surface area contributed by atoms with Gasteiger partial charge < -0.3 is 0 Å². The van der Waals surface area contributed by atoms with Crippen LogP contribution in [0.5, 0.6) is 0 Å². The summed E-state index contributed by atoms with van der Waals surface area (Å²) in [6.45, 7) is 0.